The van der Waals surface area contributed by atoms with Crippen molar-refractivity contribution in [1.29, 1.82) is 0 Å². The fourth-order valence-electron chi connectivity index (χ4n) is 5.09. The summed E-state index contributed by atoms with van der Waals surface area (Å²) >= 11 is 13.2. The van der Waals surface area contributed by atoms with E-state index in [0.717, 1.165) is 9.87 Å². The molecule has 0 fully saturated rings. The summed E-state index contributed by atoms with van der Waals surface area (Å²) in [5, 5.41) is 3.58. The lowest BCUT2D eigenvalue weighted by atomic mass is 10.0. The first-order valence-electron chi connectivity index (χ1n) is 15.1. The molecule has 0 saturated carbocycles. The molecule has 0 aliphatic carbocycles. The Morgan fingerprint density at radius 1 is 0.833 bits per heavy atom. The molecule has 0 aromatic heterocycles. The zero-order chi connectivity index (χ0) is 35.1. The van der Waals surface area contributed by atoms with Crippen molar-refractivity contribution in [3.63, 3.8) is 0 Å². The Labute approximate surface area is 292 Å². The molecule has 1 atom stereocenters. The molecule has 0 heterocycles. The van der Waals surface area contributed by atoms with Gasteiger partial charge in [0.15, 0.2) is 0 Å². The van der Waals surface area contributed by atoms with Crippen LogP contribution in [0.3, 0.4) is 0 Å². The molecule has 12 heteroatoms. The van der Waals surface area contributed by atoms with Gasteiger partial charge in [0.2, 0.25) is 11.8 Å². The van der Waals surface area contributed by atoms with Gasteiger partial charge in [-0.15, -0.1) is 0 Å². The maximum absolute atomic E-state index is 14.8. The second-order valence-corrected chi connectivity index (χ2v) is 14.7. The van der Waals surface area contributed by atoms with E-state index in [-0.39, 0.29) is 29.3 Å². The predicted octanol–water partition coefficient (Wildman–Crippen LogP) is 6.76. The molecular formula is C36H39Cl2N3O6S. The fourth-order valence-corrected chi connectivity index (χ4v) is 7.04. The first-order chi connectivity index (χ1) is 22.7. The van der Waals surface area contributed by atoms with Gasteiger partial charge in [-0.1, -0.05) is 77.8 Å². The fraction of sp³-hybridized carbons (Fsp3) is 0.278. The van der Waals surface area contributed by atoms with Crippen LogP contribution in [0.15, 0.2) is 102 Å². The highest BCUT2D eigenvalue weighted by Crippen LogP contribution is 2.36. The average molecular weight is 713 g/mol. The Balaban J connectivity index is 1.91. The first-order valence-corrected chi connectivity index (χ1v) is 17.3. The number of rotatable bonds is 13. The molecule has 4 rings (SSSR count). The number of halogens is 2. The zero-order valence-corrected chi connectivity index (χ0v) is 29.8. The summed E-state index contributed by atoms with van der Waals surface area (Å²) in [7, 11) is -1.52. The number of carbonyl (C=O) groups is 2. The van der Waals surface area contributed by atoms with Crippen LogP contribution in [0, 0.1) is 0 Å². The number of hydrogen-bond donors (Lipinski definition) is 1. The van der Waals surface area contributed by atoms with E-state index in [0.29, 0.717) is 21.4 Å². The summed E-state index contributed by atoms with van der Waals surface area (Å²) in [6, 6.07) is 25.5. The van der Waals surface area contributed by atoms with E-state index in [1.165, 1.54) is 37.3 Å². The average Bonchev–Trinajstić information content (AvgIpc) is 3.06. The maximum Gasteiger partial charge on any atom is 0.264 e. The molecule has 0 unspecified atom stereocenters. The summed E-state index contributed by atoms with van der Waals surface area (Å²) in [5.74, 6) is -0.576. The normalized spacial score (nSPS) is 12.1. The van der Waals surface area contributed by atoms with Gasteiger partial charge >= 0.3 is 0 Å². The third-order valence-electron chi connectivity index (χ3n) is 7.42. The van der Waals surface area contributed by atoms with E-state index >= 15 is 0 Å². The number of anilines is 1. The highest BCUT2D eigenvalue weighted by molar-refractivity contribution is 7.92. The number of methoxy groups -OCH3 is 2. The third-order valence-corrected chi connectivity index (χ3v) is 9.91. The lowest BCUT2D eigenvalue weighted by molar-refractivity contribution is -0.140. The van der Waals surface area contributed by atoms with E-state index in [9.17, 15) is 18.0 Å². The van der Waals surface area contributed by atoms with Crippen molar-refractivity contribution in [1.82, 2.24) is 10.2 Å². The van der Waals surface area contributed by atoms with Crippen molar-refractivity contribution in [2.45, 2.75) is 50.2 Å². The summed E-state index contributed by atoms with van der Waals surface area (Å²) in [6.45, 7) is 4.64. The van der Waals surface area contributed by atoms with Crippen LogP contribution in [-0.2, 0) is 32.6 Å². The molecule has 0 bridgehead atoms. The van der Waals surface area contributed by atoms with Crippen LogP contribution in [-0.4, -0.2) is 57.5 Å². The van der Waals surface area contributed by atoms with Gasteiger partial charge < -0.3 is 19.7 Å². The second-order valence-electron chi connectivity index (χ2n) is 12.0. The SMILES string of the molecule is COc1ccc(OC)c(N(CC(=O)N(Cc2c(Cl)cccc2Cl)[C@@H](Cc2ccccc2)C(=O)NC(C)(C)C)S(=O)(=O)c2ccccc2)c1. The minimum atomic E-state index is -4.37. The molecule has 0 spiro atoms. The van der Waals surface area contributed by atoms with Crippen molar-refractivity contribution >= 4 is 50.7 Å². The minimum absolute atomic E-state index is 0.0466. The van der Waals surface area contributed by atoms with Gasteiger partial charge in [-0.3, -0.25) is 13.9 Å². The summed E-state index contributed by atoms with van der Waals surface area (Å²) in [4.78, 5) is 30.1. The van der Waals surface area contributed by atoms with Crippen LogP contribution >= 0.6 is 23.2 Å². The molecule has 48 heavy (non-hydrogen) atoms. The monoisotopic (exact) mass is 711 g/mol. The van der Waals surface area contributed by atoms with Gasteiger partial charge in [0, 0.05) is 40.2 Å². The van der Waals surface area contributed by atoms with E-state index in [2.05, 4.69) is 5.32 Å². The van der Waals surface area contributed by atoms with E-state index in [4.69, 9.17) is 32.7 Å². The van der Waals surface area contributed by atoms with Gasteiger partial charge in [0.05, 0.1) is 24.8 Å². The summed E-state index contributed by atoms with van der Waals surface area (Å²) in [6.07, 6.45) is 0.129. The van der Waals surface area contributed by atoms with Crippen molar-refractivity contribution < 1.29 is 27.5 Å². The third kappa shape index (κ3) is 9.00. The van der Waals surface area contributed by atoms with Crippen LogP contribution in [0.2, 0.25) is 10.0 Å². The van der Waals surface area contributed by atoms with E-state index in [1.54, 1.807) is 48.5 Å². The van der Waals surface area contributed by atoms with Crippen molar-refractivity contribution in [3.8, 4) is 11.5 Å². The van der Waals surface area contributed by atoms with E-state index < -0.39 is 40.0 Å². The molecule has 0 saturated heterocycles. The van der Waals surface area contributed by atoms with Gasteiger partial charge in [-0.05, 0) is 62.7 Å². The van der Waals surface area contributed by atoms with Gasteiger partial charge in [0.25, 0.3) is 10.0 Å². The van der Waals surface area contributed by atoms with Crippen LogP contribution in [0.4, 0.5) is 5.69 Å². The Morgan fingerprint density at radius 2 is 1.44 bits per heavy atom. The minimum Gasteiger partial charge on any atom is -0.497 e. The van der Waals surface area contributed by atoms with Gasteiger partial charge in [0.1, 0.15) is 24.1 Å². The molecule has 9 nitrogen and oxygen atoms in total. The number of nitrogens with zero attached hydrogens (tertiary/aromatic N) is 2. The molecule has 254 valence electrons. The molecule has 4 aromatic carbocycles. The van der Waals surface area contributed by atoms with E-state index in [1.807, 2.05) is 51.1 Å². The molecule has 1 N–H and O–H groups in total. The lowest BCUT2D eigenvalue weighted by Crippen LogP contribution is -2.56. The molecule has 2 amide bonds. The quantitative estimate of drug-likeness (QED) is 0.164. The zero-order valence-electron chi connectivity index (χ0n) is 27.4. The molecule has 0 aliphatic heterocycles. The van der Waals surface area contributed by atoms with Crippen molar-refractivity contribution in [2.24, 2.45) is 0 Å². The number of amides is 2. The molecule has 4 aromatic rings. The highest BCUT2D eigenvalue weighted by Gasteiger charge is 2.37. The van der Waals surface area contributed by atoms with Crippen LogP contribution in [0.25, 0.3) is 0 Å². The number of sulfonamides is 1. The predicted molar refractivity (Wildman–Crippen MR) is 189 cm³/mol. The smallest absolute Gasteiger partial charge is 0.264 e. The maximum atomic E-state index is 14.8. The second kappa shape index (κ2) is 15.8. The Bertz CT molecular complexity index is 1810. The van der Waals surface area contributed by atoms with Crippen LogP contribution in [0.1, 0.15) is 31.9 Å². The van der Waals surface area contributed by atoms with Crippen molar-refractivity contribution in [3.05, 3.63) is 118 Å². The number of carbonyl (C=O) groups excluding carboxylic acids is 2. The molecule has 0 aliphatic rings. The number of hydrogen-bond acceptors (Lipinski definition) is 6. The molecular weight excluding hydrogens is 673 g/mol. The lowest BCUT2D eigenvalue weighted by Gasteiger charge is -2.35. The summed E-state index contributed by atoms with van der Waals surface area (Å²) in [5.41, 5.74) is 0.632. The number of benzene rings is 4. The topological polar surface area (TPSA) is 105 Å². The Kier molecular flexibility index (Phi) is 12.0. The van der Waals surface area contributed by atoms with Gasteiger partial charge in [-0.25, -0.2) is 8.42 Å². The van der Waals surface area contributed by atoms with Crippen LogP contribution < -0.4 is 19.1 Å². The standard InChI is InChI=1S/C36H39Cl2N3O6S/c1-36(2,3)39-35(43)32(21-25-13-8-6-9-14-25)40(23-28-29(37)17-12-18-30(28)38)34(42)24-41(48(44,45)27-15-10-7-11-16-27)31-22-26(46-4)19-20-33(31)47-5/h6-20,22,32H,21,23-24H2,1-5H3,(H,39,43)/t32-/m0/s1. The van der Waals surface area contributed by atoms with Crippen molar-refractivity contribution in [2.75, 3.05) is 25.1 Å². The number of nitrogens with one attached hydrogen (secondary N) is 1. The number of ether oxygens (including phenoxy) is 2. The first kappa shape index (κ1) is 36.6. The highest BCUT2D eigenvalue weighted by atomic mass is 35.5. The Hall–Kier alpha value is -4.25. The molecule has 0 radical (unpaired) electrons. The summed E-state index contributed by atoms with van der Waals surface area (Å²) < 4.78 is 40.6. The van der Waals surface area contributed by atoms with Crippen LogP contribution in [0.5, 0.6) is 11.5 Å². The van der Waals surface area contributed by atoms with Gasteiger partial charge in [-0.2, -0.15) is 0 Å². The largest absolute Gasteiger partial charge is 0.497 e. The Morgan fingerprint density at radius 3 is 2.00 bits per heavy atom.